The number of rotatable bonds is 18. The van der Waals surface area contributed by atoms with Gasteiger partial charge in [-0.25, -0.2) is 0 Å². The molecular formula is C39H56N6O5. The van der Waals surface area contributed by atoms with Crippen LogP contribution in [-0.2, 0) is 36.8 Å². The molecule has 4 amide bonds. The molecule has 0 radical (unpaired) electrons. The molecule has 2 fully saturated rings. The summed E-state index contributed by atoms with van der Waals surface area (Å²) in [4.78, 5) is 67.6. The molecule has 2 aromatic rings. The minimum absolute atomic E-state index is 0.0279. The van der Waals surface area contributed by atoms with Gasteiger partial charge in [0.05, 0.1) is 17.5 Å². The number of hydrogen-bond donors (Lipinski definition) is 6. The van der Waals surface area contributed by atoms with E-state index >= 15 is 0 Å². The third kappa shape index (κ3) is 11.0. The van der Waals surface area contributed by atoms with Crippen molar-refractivity contribution in [2.75, 3.05) is 13.1 Å². The lowest BCUT2D eigenvalue weighted by Gasteiger charge is -2.35. The molecule has 8 N–H and O–H groups in total. The van der Waals surface area contributed by atoms with E-state index in [0.717, 1.165) is 17.5 Å². The SMILES string of the molecule is CC(C)C[C@@H](NC(=O)[C@@H](Cc1ccccc1)NC(=O)[C@H](N)Cc1ccccc1)C(=O)N[C@H](CCCCN)C(=O)C1CCC2(CCNC2=O)CC1. The molecule has 2 aliphatic rings. The predicted octanol–water partition coefficient (Wildman–Crippen LogP) is 2.69. The van der Waals surface area contributed by atoms with Gasteiger partial charge in [-0.1, -0.05) is 74.5 Å². The second kappa shape index (κ2) is 18.8. The minimum Gasteiger partial charge on any atom is -0.356 e. The molecule has 50 heavy (non-hydrogen) atoms. The first-order chi connectivity index (χ1) is 24.0. The first-order valence-electron chi connectivity index (χ1n) is 18.3. The van der Waals surface area contributed by atoms with E-state index in [1.807, 2.05) is 74.5 Å². The van der Waals surface area contributed by atoms with Crippen molar-refractivity contribution < 1.29 is 24.0 Å². The van der Waals surface area contributed by atoms with Gasteiger partial charge in [-0.2, -0.15) is 0 Å². The molecule has 1 aliphatic carbocycles. The lowest BCUT2D eigenvalue weighted by molar-refractivity contribution is -0.136. The van der Waals surface area contributed by atoms with Gasteiger partial charge < -0.3 is 32.7 Å². The van der Waals surface area contributed by atoms with Crippen LogP contribution in [0.1, 0.15) is 82.8 Å². The average molecular weight is 689 g/mol. The summed E-state index contributed by atoms with van der Waals surface area (Å²) in [5.41, 5.74) is 13.4. The zero-order valence-corrected chi connectivity index (χ0v) is 29.6. The summed E-state index contributed by atoms with van der Waals surface area (Å²) in [6, 6.07) is 15.2. The van der Waals surface area contributed by atoms with E-state index in [4.69, 9.17) is 11.5 Å². The maximum atomic E-state index is 13.9. The molecule has 272 valence electrons. The number of ketones is 1. The van der Waals surface area contributed by atoms with Gasteiger partial charge in [-0.05, 0) is 87.8 Å². The summed E-state index contributed by atoms with van der Waals surface area (Å²) in [6.07, 6.45) is 6.00. The van der Waals surface area contributed by atoms with Gasteiger partial charge in [0.2, 0.25) is 23.6 Å². The molecule has 0 bridgehead atoms. The molecule has 11 nitrogen and oxygen atoms in total. The maximum absolute atomic E-state index is 13.9. The van der Waals surface area contributed by atoms with Gasteiger partial charge in [-0.3, -0.25) is 24.0 Å². The Balaban J connectivity index is 1.46. The highest BCUT2D eigenvalue weighted by Crippen LogP contribution is 2.44. The second-order valence-corrected chi connectivity index (χ2v) is 14.5. The topological polar surface area (TPSA) is 186 Å². The van der Waals surface area contributed by atoms with Gasteiger partial charge in [0.25, 0.3) is 0 Å². The molecule has 0 unspecified atom stereocenters. The van der Waals surface area contributed by atoms with Crippen molar-refractivity contribution in [3.63, 3.8) is 0 Å². The standard InChI is InChI=1S/C39H56N6O5/c1-26(2)23-32(36(48)43-31(15-9-10-21-40)34(46)29-16-18-39(19-17-29)20-22-42-38(39)50)45-37(49)33(25-28-13-7-4-8-14-28)44-35(47)30(41)24-27-11-5-3-6-12-27/h3-8,11-14,26,29-33H,9-10,15-25,40-41H2,1-2H3,(H,42,50)(H,43,48)(H,44,47)(H,45,49)/t29?,30-,31-,32-,33-,39?/m1/s1. The summed E-state index contributed by atoms with van der Waals surface area (Å²) in [6.45, 7) is 5.07. The van der Waals surface area contributed by atoms with E-state index in [1.54, 1.807) is 0 Å². The smallest absolute Gasteiger partial charge is 0.243 e. The highest BCUT2D eigenvalue weighted by atomic mass is 16.2. The molecule has 4 atom stereocenters. The Hall–Kier alpha value is -4.09. The van der Waals surface area contributed by atoms with Crippen molar-refractivity contribution in [1.82, 2.24) is 21.3 Å². The highest BCUT2D eigenvalue weighted by molar-refractivity contribution is 5.96. The fraction of sp³-hybridized carbons (Fsp3) is 0.564. The molecule has 1 saturated heterocycles. The number of Topliss-reactive ketones (excluding diaryl/α,β-unsaturated/α-hetero) is 1. The van der Waals surface area contributed by atoms with Crippen LogP contribution in [0.5, 0.6) is 0 Å². The van der Waals surface area contributed by atoms with E-state index in [0.29, 0.717) is 70.9 Å². The second-order valence-electron chi connectivity index (χ2n) is 14.5. The number of amides is 4. The maximum Gasteiger partial charge on any atom is 0.243 e. The van der Waals surface area contributed by atoms with E-state index < -0.39 is 41.9 Å². The molecule has 1 saturated carbocycles. The van der Waals surface area contributed by atoms with Crippen molar-refractivity contribution in [3.05, 3.63) is 71.8 Å². The molecular weight excluding hydrogens is 632 g/mol. The van der Waals surface area contributed by atoms with Crippen LogP contribution in [0.4, 0.5) is 0 Å². The summed E-state index contributed by atoms with van der Waals surface area (Å²) >= 11 is 0. The number of benzene rings is 2. The number of carbonyl (C=O) groups is 5. The number of carbonyl (C=O) groups excluding carboxylic acids is 5. The third-order valence-corrected chi connectivity index (χ3v) is 10.2. The number of hydrogen-bond acceptors (Lipinski definition) is 7. The quantitative estimate of drug-likeness (QED) is 0.130. The number of unbranched alkanes of at least 4 members (excludes halogenated alkanes) is 1. The van der Waals surface area contributed by atoms with E-state index in [1.165, 1.54) is 0 Å². The van der Waals surface area contributed by atoms with Gasteiger partial charge >= 0.3 is 0 Å². The normalized spacial score (nSPS) is 21.1. The Kier molecular flexibility index (Phi) is 14.5. The van der Waals surface area contributed by atoms with Crippen LogP contribution in [0.15, 0.2) is 60.7 Å². The predicted molar refractivity (Wildman–Crippen MR) is 193 cm³/mol. The Bertz CT molecular complexity index is 1430. The van der Waals surface area contributed by atoms with Gasteiger partial charge in [0.15, 0.2) is 5.78 Å². The summed E-state index contributed by atoms with van der Waals surface area (Å²) in [7, 11) is 0. The van der Waals surface area contributed by atoms with Crippen molar-refractivity contribution in [3.8, 4) is 0 Å². The van der Waals surface area contributed by atoms with Crippen molar-refractivity contribution >= 4 is 29.4 Å². The Morgan fingerprint density at radius 2 is 1.34 bits per heavy atom. The fourth-order valence-electron chi connectivity index (χ4n) is 7.26. The van der Waals surface area contributed by atoms with Gasteiger partial charge in [0.1, 0.15) is 12.1 Å². The first kappa shape index (κ1) is 38.7. The average Bonchev–Trinajstić information content (AvgIpc) is 3.46. The summed E-state index contributed by atoms with van der Waals surface area (Å²) < 4.78 is 0. The van der Waals surface area contributed by atoms with Gasteiger partial charge in [0, 0.05) is 18.9 Å². The first-order valence-corrected chi connectivity index (χ1v) is 18.3. The van der Waals surface area contributed by atoms with Crippen LogP contribution >= 0.6 is 0 Å². The van der Waals surface area contributed by atoms with Crippen molar-refractivity contribution in [2.24, 2.45) is 28.7 Å². The van der Waals surface area contributed by atoms with Crippen molar-refractivity contribution in [1.29, 1.82) is 0 Å². The summed E-state index contributed by atoms with van der Waals surface area (Å²) in [5.74, 6) is -1.56. The van der Waals surface area contributed by atoms with Crippen LogP contribution in [0.25, 0.3) is 0 Å². The van der Waals surface area contributed by atoms with E-state index in [-0.39, 0.29) is 35.4 Å². The monoisotopic (exact) mass is 688 g/mol. The number of nitrogens with one attached hydrogen (secondary N) is 4. The van der Waals surface area contributed by atoms with Crippen LogP contribution in [0.2, 0.25) is 0 Å². The lowest BCUT2D eigenvalue weighted by atomic mass is 9.68. The van der Waals surface area contributed by atoms with Crippen LogP contribution < -0.4 is 32.7 Å². The molecule has 1 spiro atoms. The van der Waals surface area contributed by atoms with Crippen LogP contribution in [0, 0.1) is 17.3 Å². The van der Waals surface area contributed by atoms with E-state index in [2.05, 4.69) is 21.3 Å². The third-order valence-electron chi connectivity index (χ3n) is 10.2. The molecule has 1 aliphatic heterocycles. The highest BCUT2D eigenvalue weighted by Gasteiger charge is 2.46. The van der Waals surface area contributed by atoms with Crippen LogP contribution in [0.3, 0.4) is 0 Å². The lowest BCUT2D eigenvalue weighted by Crippen LogP contribution is -2.58. The zero-order valence-electron chi connectivity index (χ0n) is 29.6. The minimum atomic E-state index is -0.987. The molecule has 0 aromatic heterocycles. The molecule has 4 rings (SSSR count). The Morgan fingerprint density at radius 3 is 1.90 bits per heavy atom. The summed E-state index contributed by atoms with van der Waals surface area (Å²) in [5, 5.41) is 11.7. The Labute approximate surface area is 296 Å². The Morgan fingerprint density at radius 1 is 0.780 bits per heavy atom. The van der Waals surface area contributed by atoms with E-state index in [9.17, 15) is 24.0 Å². The van der Waals surface area contributed by atoms with Gasteiger partial charge in [-0.15, -0.1) is 0 Å². The fourth-order valence-corrected chi connectivity index (χ4v) is 7.26. The molecule has 1 heterocycles. The van der Waals surface area contributed by atoms with Crippen LogP contribution in [-0.4, -0.2) is 66.7 Å². The molecule has 11 heteroatoms. The van der Waals surface area contributed by atoms with Crippen molar-refractivity contribution in [2.45, 2.75) is 109 Å². The zero-order chi connectivity index (χ0) is 36.1. The largest absolute Gasteiger partial charge is 0.356 e. The molecule has 2 aromatic carbocycles. The number of nitrogens with two attached hydrogens (primary N) is 2.